The summed E-state index contributed by atoms with van der Waals surface area (Å²) in [5.41, 5.74) is 0.616. The summed E-state index contributed by atoms with van der Waals surface area (Å²) in [6.45, 7) is 1.21. The minimum atomic E-state index is 0.549. The van der Waals surface area contributed by atoms with Crippen LogP contribution >= 0.6 is 0 Å². The summed E-state index contributed by atoms with van der Waals surface area (Å²) in [6, 6.07) is 11.6. The second-order valence-corrected chi connectivity index (χ2v) is 4.01. The van der Waals surface area contributed by atoms with Crippen molar-refractivity contribution in [1.29, 1.82) is 0 Å². The van der Waals surface area contributed by atoms with Gasteiger partial charge in [0.15, 0.2) is 6.29 Å². The number of benzene rings is 2. The van der Waals surface area contributed by atoms with Gasteiger partial charge in [0.25, 0.3) is 0 Å². The van der Waals surface area contributed by atoms with Crippen LogP contribution in [-0.2, 0) is 4.74 Å². The van der Waals surface area contributed by atoms with E-state index in [2.05, 4.69) is 0 Å². The Labute approximate surface area is 106 Å². The van der Waals surface area contributed by atoms with Crippen molar-refractivity contribution in [2.24, 2.45) is 0 Å². The van der Waals surface area contributed by atoms with Gasteiger partial charge in [-0.2, -0.15) is 0 Å². The Kier molecular flexibility index (Phi) is 4.31. The molecule has 3 nitrogen and oxygen atoms in total. The van der Waals surface area contributed by atoms with Crippen molar-refractivity contribution in [3.63, 3.8) is 0 Å². The minimum Gasteiger partial charge on any atom is -0.493 e. The monoisotopic (exact) mass is 244 g/mol. The standard InChI is InChI=1S/C15H16O3/c1-17-9-4-10-18-15-8-7-12-5-2-3-6-13(12)14(15)11-16/h2-3,5-8,11H,4,9-10H2,1H3. The fourth-order valence-electron chi connectivity index (χ4n) is 1.91. The van der Waals surface area contributed by atoms with E-state index in [1.54, 1.807) is 7.11 Å². The molecule has 2 aromatic rings. The molecule has 2 aromatic carbocycles. The summed E-state index contributed by atoms with van der Waals surface area (Å²) in [5, 5.41) is 1.97. The molecule has 0 saturated heterocycles. The van der Waals surface area contributed by atoms with Gasteiger partial charge in [-0.25, -0.2) is 0 Å². The highest BCUT2D eigenvalue weighted by Gasteiger charge is 2.07. The first-order chi connectivity index (χ1) is 8.86. The highest BCUT2D eigenvalue weighted by atomic mass is 16.5. The molecule has 0 amide bonds. The molecule has 0 spiro atoms. The number of ether oxygens (including phenoxy) is 2. The van der Waals surface area contributed by atoms with Gasteiger partial charge in [0.1, 0.15) is 5.75 Å². The lowest BCUT2D eigenvalue weighted by Gasteiger charge is -2.10. The number of hydrogen-bond donors (Lipinski definition) is 0. The van der Waals surface area contributed by atoms with Gasteiger partial charge in [-0.05, 0) is 16.8 Å². The summed E-state index contributed by atoms with van der Waals surface area (Å²) < 4.78 is 10.6. The molecule has 0 fully saturated rings. The van der Waals surface area contributed by atoms with Gasteiger partial charge in [-0.15, -0.1) is 0 Å². The molecule has 94 valence electrons. The number of aldehydes is 1. The number of carbonyl (C=O) groups excluding carboxylic acids is 1. The van der Waals surface area contributed by atoms with Gasteiger partial charge in [-0.1, -0.05) is 30.3 Å². The largest absolute Gasteiger partial charge is 0.493 e. The predicted octanol–water partition coefficient (Wildman–Crippen LogP) is 3.07. The van der Waals surface area contributed by atoms with Gasteiger partial charge >= 0.3 is 0 Å². The normalized spacial score (nSPS) is 10.5. The van der Waals surface area contributed by atoms with Crippen LogP contribution in [0.3, 0.4) is 0 Å². The summed E-state index contributed by atoms with van der Waals surface area (Å²) in [6.07, 6.45) is 1.66. The van der Waals surface area contributed by atoms with E-state index in [0.29, 0.717) is 24.5 Å². The fourth-order valence-corrected chi connectivity index (χ4v) is 1.91. The first-order valence-electron chi connectivity index (χ1n) is 5.95. The maximum Gasteiger partial charge on any atom is 0.154 e. The number of rotatable bonds is 6. The van der Waals surface area contributed by atoms with Crippen LogP contribution in [0.25, 0.3) is 10.8 Å². The van der Waals surface area contributed by atoms with Crippen LogP contribution in [0.2, 0.25) is 0 Å². The molecule has 0 radical (unpaired) electrons. The van der Waals surface area contributed by atoms with Crippen LogP contribution in [0.4, 0.5) is 0 Å². The van der Waals surface area contributed by atoms with Gasteiger partial charge in [0, 0.05) is 20.1 Å². The topological polar surface area (TPSA) is 35.5 Å². The van der Waals surface area contributed by atoms with Crippen molar-refractivity contribution in [2.45, 2.75) is 6.42 Å². The summed E-state index contributed by atoms with van der Waals surface area (Å²) in [7, 11) is 1.66. The van der Waals surface area contributed by atoms with E-state index in [1.807, 2.05) is 36.4 Å². The average molecular weight is 244 g/mol. The van der Waals surface area contributed by atoms with Crippen molar-refractivity contribution in [3.8, 4) is 5.75 Å². The van der Waals surface area contributed by atoms with Crippen LogP contribution in [-0.4, -0.2) is 26.6 Å². The third-order valence-electron chi connectivity index (χ3n) is 2.80. The lowest BCUT2D eigenvalue weighted by Crippen LogP contribution is -2.03. The summed E-state index contributed by atoms with van der Waals surface area (Å²) in [4.78, 5) is 11.2. The third kappa shape index (κ3) is 2.68. The molecule has 0 aromatic heterocycles. The van der Waals surface area contributed by atoms with Crippen LogP contribution in [0, 0.1) is 0 Å². The zero-order chi connectivity index (χ0) is 12.8. The van der Waals surface area contributed by atoms with E-state index in [0.717, 1.165) is 23.5 Å². The number of carbonyl (C=O) groups is 1. The Morgan fingerprint density at radius 1 is 1.11 bits per heavy atom. The molecule has 18 heavy (non-hydrogen) atoms. The molecule has 0 aliphatic carbocycles. The summed E-state index contributed by atoms with van der Waals surface area (Å²) >= 11 is 0. The first kappa shape index (κ1) is 12.6. The van der Waals surface area contributed by atoms with Crippen molar-refractivity contribution in [1.82, 2.24) is 0 Å². The van der Waals surface area contributed by atoms with E-state index in [9.17, 15) is 4.79 Å². The Bertz CT molecular complexity index is 534. The maximum atomic E-state index is 11.2. The maximum absolute atomic E-state index is 11.2. The second kappa shape index (κ2) is 6.17. The molecular formula is C15H16O3. The highest BCUT2D eigenvalue weighted by Crippen LogP contribution is 2.26. The van der Waals surface area contributed by atoms with Gasteiger partial charge in [0.05, 0.1) is 12.2 Å². The fraction of sp³-hybridized carbons (Fsp3) is 0.267. The molecule has 2 rings (SSSR count). The Morgan fingerprint density at radius 3 is 2.72 bits per heavy atom. The van der Waals surface area contributed by atoms with E-state index in [1.165, 1.54) is 0 Å². The molecular weight excluding hydrogens is 228 g/mol. The van der Waals surface area contributed by atoms with E-state index >= 15 is 0 Å². The summed E-state index contributed by atoms with van der Waals surface area (Å²) in [5.74, 6) is 0.639. The number of hydrogen-bond acceptors (Lipinski definition) is 3. The molecule has 0 atom stereocenters. The Balaban J connectivity index is 2.24. The van der Waals surface area contributed by atoms with Gasteiger partial charge < -0.3 is 9.47 Å². The zero-order valence-electron chi connectivity index (χ0n) is 10.4. The molecule has 0 bridgehead atoms. The smallest absolute Gasteiger partial charge is 0.154 e. The van der Waals surface area contributed by atoms with Crippen LogP contribution in [0.5, 0.6) is 5.75 Å². The lowest BCUT2D eigenvalue weighted by molar-refractivity contribution is 0.112. The number of fused-ring (bicyclic) bond motifs is 1. The lowest BCUT2D eigenvalue weighted by atomic mass is 10.0. The molecule has 3 heteroatoms. The average Bonchev–Trinajstić information content (AvgIpc) is 2.43. The Hall–Kier alpha value is -1.87. The van der Waals surface area contributed by atoms with Gasteiger partial charge in [0.2, 0.25) is 0 Å². The van der Waals surface area contributed by atoms with Crippen molar-refractivity contribution >= 4 is 17.1 Å². The van der Waals surface area contributed by atoms with E-state index in [-0.39, 0.29) is 0 Å². The minimum absolute atomic E-state index is 0.549. The van der Waals surface area contributed by atoms with Gasteiger partial charge in [-0.3, -0.25) is 4.79 Å². The van der Waals surface area contributed by atoms with E-state index in [4.69, 9.17) is 9.47 Å². The van der Waals surface area contributed by atoms with Crippen LogP contribution < -0.4 is 4.74 Å². The van der Waals surface area contributed by atoms with E-state index < -0.39 is 0 Å². The molecule has 0 aliphatic heterocycles. The van der Waals surface area contributed by atoms with Crippen LogP contribution in [0.1, 0.15) is 16.8 Å². The molecule has 0 N–H and O–H groups in total. The second-order valence-electron chi connectivity index (χ2n) is 4.01. The first-order valence-corrected chi connectivity index (χ1v) is 5.95. The van der Waals surface area contributed by atoms with Crippen molar-refractivity contribution in [2.75, 3.05) is 20.3 Å². The van der Waals surface area contributed by atoms with Crippen molar-refractivity contribution < 1.29 is 14.3 Å². The predicted molar refractivity (Wildman–Crippen MR) is 71.3 cm³/mol. The number of methoxy groups -OCH3 is 1. The quantitative estimate of drug-likeness (QED) is 0.578. The SMILES string of the molecule is COCCCOc1ccc2ccccc2c1C=O. The molecule has 0 unspecified atom stereocenters. The van der Waals surface area contributed by atoms with Crippen molar-refractivity contribution in [3.05, 3.63) is 42.0 Å². The Morgan fingerprint density at radius 2 is 1.94 bits per heavy atom. The molecule has 0 aliphatic rings. The highest BCUT2D eigenvalue weighted by molar-refractivity contribution is 6.00. The molecule has 0 heterocycles. The van der Waals surface area contributed by atoms with Crippen LogP contribution in [0.15, 0.2) is 36.4 Å². The third-order valence-corrected chi connectivity index (χ3v) is 2.80. The molecule has 0 saturated carbocycles. The zero-order valence-corrected chi connectivity index (χ0v) is 10.4.